The van der Waals surface area contributed by atoms with Crippen molar-refractivity contribution in [2.75, 3.05) is 24.5 Å². The van der Waals surface area contributed by atoms with Crippen LogP contribution in [-0.2, 0) is 9.59 Å². The van der Waals surface area contributed by atoms with E-state index < -0.39 is 0 Å². The fraction of sp³-hybridized carbons (Fsp3) is 0.579. The molecule has 4 heteroatoms. The SMILES string of the molecule is CCCCN(CC)C(=O)[C@@H]1CC(=O)N(c2ccc(C)c(C)c2)C1. The minimum absolute atomic E-state index is 0.0538. The number of benzene rings is 1. The van der Waals surface area contributed by atoms with Crippen LogP contribution in [0.15, 0.2) is 18.2 Å². The van der Waals surface area contributed by atoms with Gasteiger partial charge in [0.25, 0.3) is 0 Å². The van der Waals surface area contributed by atoms with Crippen LogP contribution in [0.1, 0.15) is 44.2 Å². The second-order valence-corrected chi connectivity index (χ2v) is 6.45. The summed E-state index contributed by atoms with van der Waals surface area (Å²) < 4.78 is 0. The lowest BCUT2D eigenvalue weighted by atomic mass is 10.1. The van der Waals surface area contributed by atoms with Gasteiger partial charge in [-0.1, -0.05) is 19.4 Å². The van der Waals surface area contributed by atoms with Gasteiger partial charge in [-0.3, -0.25) is 9.59 Å². The summed E-state index contributed by atoms with van der Waals surface area (Å²) in [5.74, 6) is -0.0281. The van der Waals surface area contributed by atoms with Crippen LogP contribution in [0, 0.1) is 19.8 Å². The molecule has 4 nitrogen and oxygen atoms in total. The first kappa shape index (κ1) is 17.5. The van der Waals surface area contributed by atoms with Crippen LogP contribution in [0.5, 0.6) is 0 Å². The van der Waals surface area contributed by atoms with Crippen LogP contribution < -0.4 is 4.90 Å². The predicted molar refractivity (Wildman–Crippen MR) is 93.5 cm³/mol. The summed E-state index contributed by atoms with van der Waals surface area (Å²) in [5.41, 5.74) is 3.29. The Bertz CT molecular complexity index is 583. The smallest absolute Gasteiger partial charge is 0.228 e. The third-order valence-corrected chi connectivity index (χ3v) is 4.75. The largest absolute Gasteiger partial charge is 0.343 e. The van der Waals surface area contributed by atoms with E-state index in [1.807, 2.05) is 36.9 Å². The van der Waals surface area contributed by atoms with Crippen molar-refractivity contribution in [3.05, 3.63) is 29.3 Å². The summed E-state index contributed by atoms with van der Waals surface area (Å²) in [6, 6.07) is 6.04. The number of anilines is 1. The highest BCUT2D eigenvalue weighted by Crippen LogP contribution is 2.27. The Kier molecular flexibility index (Phi) is 5.80. The summed E-state index contributed by atoms with van der Waals surface area (Å²) in [6.07, 6.45) is 2.41. The van der Waals surface area contributed by atoms with E-state index >= 15 is 0 Å². The van der Waals surface area contributed by atoms with Crippen molar-refractivity contribution < 1.29 is 9.59 Å². The highest BCUT2D eigenvalue weighted by molar-refractivity contribution is 6.00. The van der Waals surface area contributed by atoms with Crippen molar-refractivity contribution in [2.45, 2.75) is 47.0 Å². The van der Waals surface area contributed by atoms with Gasteiger partial charge in [-0.25, -0.2) is 0 Å². The second kappa shape index (κ2) is 7.62. The molecular weight excluding hydrogens is 288 g/mol. The molecule has 1 aromatic carbocycles. The summed E-state index contributed by atoms with van der Waals surface area (Å²) in [6.45, 7) is 10.2. The van der Waals surface area contributed by atoms with Gasteiger partial charge in [-0.15, -0.1) is 0 Å². The topological polar surface area (TPSA) is 40.6 Å². The number of aryl methyl sites for hydroxylation is 2. The molecule has 2 amide bonds. The zero-order valence-electron chi connectivity index (χ0n) is 14.8. The van der Waals surface area contributed by atoms with E-state index in [0.717, 1.165) is 25.1 Å². The van der Waals surface area contributed by atoms with Gasteiger partial charge in [-0.05, 0) is 50.5 Å². The minimum Gasteiger partial charge on any atom is -0.343 e. The number of amides is 2. The van der Waals surface area contributed by atoms with E-state index in [-0.39, 0.29) is 17.7 Å². The average molecular weight is 316 g/mol. The van der Waals surface area contributed by atoms with Crippen molar-refractivity contribution in [3.8, 4) is 0 Å². The molecule has 1 aliphatic rings. The lowest BCUT2D eigenvalue weighted by Gasteiger charge is -2.24. The summed E-state index contributed by atoms with van der Waals surface area (Å²) in [4.78, 5) is 28.7. The first-order valence-electron chi connectivity index (χ1n) is 8.64. The van der Waals surface area contributed by atoms with Gasteiger partial charge in [-0.2, -0.15) is 0 Å². The molecule has 1 fully saturated rings. The molecule has 1 atom stereocenters. The molecule has 1 aliphatic heterocycles. The molecule has 126 valence electrons. The Morgan fingerprint density at radius 1 is 1.26 bits per heavy atom. The Morgan fingerprint density at radius 2 is 2.00 bits per heavy atom. The maximum atomic E-state index is 12.7. The molecule has 0 aliphatic carbocycles. The molecular formula is C19H28N2O2. The van der Waals surface area contributed by atoms with Crippen molar-refractivity contribution in [1.82, 2.24) is 4.90 Å². The highest BCUT2D eigenvalue weighted by Gasteiger charge is 2.36. The quantitative estimate of drug-likeness (QED) is 0.808. The van der Waals surface area contributed by atoms with Crippen LogP contribution >= 0.6 is 0 Å². The molecule has 0 radical (unpaired) electrons. The first-order chi connectivity index (χ1) is 11.0. The molecule has 0 aromatic heterocycles. The predicted octanol–water partition coefficient (Wildman–Crippen LogP) is 3.30. The summed E-state index contributed by atoms with van der Waals surface area (Å²) >= 11 is 0. The Morgan fingerprint density at radius 3 is 2.61 bits per heavy atom. The van der Waals surface area contributed by atoms with Gasteiger partial charge in [0.1, 0.15) is 0 Å². The van der Waals surface area contributed by atoms with E-state index in [1.165, 1.54) is 11.1 Å². The normalized spacial score (nSPS) is 17.7. The van der Waals surface area contributed by atoms with Gasteiger partial charge in [0, 0.05) is 31.7 Å². The van der Waals surface area contributed by atoms with Crippen molar-refractivity contribution in [1.29, 1.82) is 0 Å². The van der Waals surface area contributed by atoms with Crippen molar-refractivity contribution in [2.24, 2.45) is 5.92 Å². The Labute approximate surface area is 139 Å². The number of rotatable bonds is 6. The molecule has 1 heterocycles. The van der Waals surface area contributed by atoms with E-state index in [1.54, 1.807) is 4.90 Å². The number of nitrogens with zero attached hydrogens (tertiary/aromatic N) is 2. The Balaban J connectivity index is 2.09. The Hall–Kier alpha value is -1.84. The number of hydrogen-bond donors (Lipinski definition) is 0. The summed E-state index contributed by atoms with van der Waals surface area (Å²) in [5, 5.41) is 0. The van der Waals surface area contributed by atoms with Gasteiger partial charge < -0.3 is 9.80 Å². The zero-order chi connectivity index (χ0) is 17.0. The average Bonchev–Trinajstić information content (AvgIpc) is 2.92. The van der Waals surface area contributed by atoms with E-state index in [4.69, 9.17) is 0 Å². The second-order valence-electron chi connectivity index (χ2n) is 6.45. The maximum absolute atomic E-state index is 12.7. The molecule has 1 saturated heterocycles. The van der Waals surface area contributed by atoms with Crippen molar-refractivity contribution in [3.63, 3.8) is 0 Å². The third-order valence-electron chi connectivity index (χ3n) is 4.75. The van der Waals surface area contributed by atoms with Gasteiger partial charge in [0.05, 0.1) is 5.92 Å². The highest BCUT2D eigenvalue weighted by atomic mass is 16.2. The van der Waals surface area contributed by atoms with Gasteiger partial charge in [0.15, 0.2) is 0 Å². The standard InChI is InChI=1S/C19H28N2O2/c1-5-7-10-20(6-2)19(23)16-12-18(22)21(13-16)17-9-8-14(3)15(4)11-17/h8-9,11,16H,5-7,10,12-13H2,1-4H3/t16-/m1/s1. The maximum Gasteiger partial charge on any atom is 0.228 e. The van der Waals surface area contributed by atoms with Crippen LogP contribution in [0.4, 0.5) is 5.69 Å². The number of hydrogen-bond acceptors (Lipinski definition) is 2. The van der Waals surface area contributed by atoms with E-state index in [9.17, 15) is 9.59 Å². The lowest BCUT2D eigenvalue weighted by Crippen LogP contribution is -2.38. The molecule has 0 saturated carbocycles. The molecule has 0 bridgehead atoms. The van der Waals surface area contributed by atoms with Gasteiger partial charge in [0.2, 0.25) is 11.8 Å². The van der Waals surface area contributed by atoms with Crippen LogP contribution in [0.3, 0.4) is 0 Å². The van der Waals surface area contributed by atoms with Crippen LogP contribution in [0.25, 0.3) is 0 Å². The van der Waals surface area contributed by atoms with Crippen LogP contribution in [-0.4, -0.2) is 36.3 Å². The molecule has 1 aromatic rings. The number of unbranched alkanes of at least 4 members (excludes halogenated alkanes) is 1. The number of carbonyl (C=O) groups excluding carboxylic acids is 2. The first-order valence-corrected chi connectivity index (χ1v) is 8.64. The van der Waals surface area contributed by atoms with Crippen LogP contribution in [0.2, 0.25) is 0 Å². The summed E-state index contributed by atoms with van der Waals surface area (Å²) in [7, 11) is 0. The fourth-order valence-corrected chi connectivity index (χ4v) is 3.05. The van der Waals surface area contributed by atoms with E-state index in [2.05, 4.69) is 13.8 Å². The minimum atomic E-state index is -0.207. The molecule has 0 spiro atoms. The lowest BCUT2D eigenvalue weighted by molar-refractivity contribution is -0.135. The van der Waals surface area contributed by atoms with Gasteiger partial charge >= 0.3 is 0 Å². The van der Waals surface area contributed by atoms with E-state index in [0.29, 0.717) is 19.5 Å². The molecule has 0 N–H and O–H groups in total. The van der Waals surface area contributed by atoms with Crippen molar-refractivity contribution >= 4 is 17.5 Å². The zero-order valence-corrected chi connectivity index (χ0v) is 14.8. The molecule has 2 rings (SSSR count). The third kappa shape index (κ3) is 3.92. The number of carbonyl (C=O) groups is 2. The molecule has 23 heavy (non-hydrogen) atoms. The monoisotopic (exact) mass is 316 g/mol. The molecule has 0 unspecified atom stereocenters. The fourth-order valence-electron chi connectivity index (χ4n) is 3.05.